The topological polar surface area (TPSA) is 95.8 Å². The van der Waals surface area contributed by atoms with E-state index in [0.29, 0.717) is 22.7 Å². The van der Waals surface area contributed by atoms with E-state index in [9.17, 15) is 17.6 Å². The summed E-state index contributed by atoms with van der Waals surface area (Å²) in [6.07, 6.45) is -6.02. The van der Waals surface area contributed by atoms with Crippen LogP contribution < -0.4 is 10.5 Å². The maximum Gasteiger partial charge on any atom is 0.425 e. The molecule has 7 nitrogen and oxygen atoms in total. The second-order valence-corrected chi connectivity index (χ2v) is 7.94. The molecule has 1 aliphatic rings. The number of hydrogen-bond donors (Lipinski definition) is 1. The summed E-state index contributed by atoms with van der Waals surface area (Å²) < 4.78 is 70.2. The van der Waals surface area contributed by atoms with Crippen LogP contribution in [0.2, 0.25) is 0 Å². The Morgan fingerprint density at radius 2 is 2.00 bits per heavy atom. The summed E-state index contributed by atoms with van der Waals surface area (Å²) in [5.41, 5.74) is 5.11. The van der Waals surface area contributed by atoms with Crippen LogP contribution in [0.1, 0.15) is 25.8 Å². The second-order valence-electron chi connectivity index (χ2n) is 7.94. The number of pyridine rings is 1. The van der Waals surface area contributed by atoms with E-state index in [2.05, 4.69) is 31.7 Å². The van der Waals surface area contributed by atoms with Crippen molar-refractivity contribution >= 4 is 6.02 Å². The fraction of sp³-hybridized carbons (Fsp3) is 0.292. The highest BCUT2D eigenvalue weighted by atomic mass is 19.4. The van der Waals surface area contributed by atoms with Crippen molar-refractivity contribution in [2.45, 2.75) is 38.1 Å². The molecule has 3 aromatic rings. The lowest BCUT2D eigenvalue weighted by molar-refractivity contribution is -0.208. The molecule has 0 bridgehead atoms. The van der Waals surface area contributed by atoms with Gasteiger partial charge in [-0.1, -0.05) is 11.1 Å². The Morgan fingerprint density at radius 3 is 2.69 bits per heavy atom. The fourth-order valence-electron chi connectivity index (χ4n) is 3.65. The summed E-state index contributed by atoms with van der Waals surface area (Å²) in [6.45, 7) is 3.32. The zero-order chi connectivity index (χ0) is 25.2. The van der Waals surface area contributed by atoms with Gasteiger partial charge in [-0.2, -0.15) is 13.2 Å². The minimum Gasteiger partial charge on any atom is -0.479 e. The van der Waals surface area contributed by atoms with Crippen molar-refractivity contribution in [2.24, 2.45) is 10.7 Å². The van der Waals surface area contributed by atoms with Gasteiger partial charge in [0.1, 0.15) is 23.9 Å². The molecule has 35 heavy (non-hydrogen) atoms. The van der Waals surface area contributed by atoms with Gasteiger partial charge in [-0.15, -0.1) is 5.92 Å². The number of rotatable bonds is 5. The standard InChI is InChI=1S/C24H20F4N4O3/c1-3-4-9-33-15-6-8-18(30-13-15)19-11-20(35-32-19)14-5-7-17(25)16(10-14)23(2)12-21(24(26,27)28)34-22(29)31-23/h5-8,10-11,13,21H,9,12H2,1-2H3,(H2,29,31)/t21-,23-/m0/s1. The van der Waals surface area contributed by atoms with Crippen LogP contribution in [0, 0.1) is 17.7 Å². The van der Waals surface area contributed by atoms with E-state index < -0.39 is 36.1 Å². The predicted molar refractivity (Wildman–Crippen MR) is 119 cm³/mol. The summed E-state index contributed by atoms with van der Waals surface area (Å²) in [4.78, 5) is 8.27. The van der Waals surface area contributed by atoms with E-state index >= 15 is 0 Å². The summed E-state index contributed by atoms with van der Waals surface area (Å²) in [7, 11) is 0. The maximum absolute atomic E-state index is 14.8. The van der Waals surface area contributed by atoms with E-state index in [0.717, 1.165) is 6.07 Å². The zero-order valence-corrected chi connectivity index (χ0v) is 18.7. The normalized spacial score (nSPS) is 19.8. The lowest BCUT2D eigenvalue weighted by atomic mass is 9.84. The molecule has 0 radical (unpaired) electrons. The van der Waals surface area contributed by atoms with Crippen LogP contribution in [0.5, 0.6) is 5.75 Å². The van der Waals surface area contributed by atoms with Crippen molar-refractivity contribution < 1.29 is 31.6 Å². The molecule has 182 valence electrons. The van der Waals surface area contributed by atoms with Gasteiger partial charge in [0.25, 0.3) is 6.02 Å². The minimum atomic E-state index is -4.69. The van der Waals surface area contributed by atoms with Crippen molar-refractivity contribution in [3.8, 4) is 40.3 Å². The van der Waals surface area contributed by atoms with E-state index in [1.165, 1.54) is 25.3 Å². The highest BCUT2D eigenvalue weighted by molar-refractivity contribution is 5.73. The molecule has 2 aromatic heterocycles. The lowest BCUT2D eigenvalue weighted by Crippen LogP contribution is -2.46. The molecular formula is C24H20F4N4O3. The Balaban J connectivity index is 1.61. The first kappa shape index (κ1) is 24.1. The third-order valence-corrected chi connectivity index (χ3v) is 5.40. The van der Waals surface area contributed by atoms with Crippen molar-refractivity contribution in [1.29, 1.82) is 0 Å². The first-order chi connectivity index (χ1) is 16.6. The van der Waals surface area contributed by atoms with Gasteiger partial charge in [-0.05, 0) is 44.2 Å². The van der Waals surface area contributed by atoms with Gasteiger partial charge in [-0.3, -0.25) is 4.98 Å². The maximum atomic E-state index is 14.8. The number of aliphatic imine (C=N–C) groups is 1. The van der Waals surface area contributed by atoms with Crippen LogP contribution >= 0.6 is 0 Å². The molecular weight excluding hydrogens is 468 g/mol. The number of ether oxygens (including phenoxy) is 2. The Labute approximate surface area is 197 Å². The largest absolute Gasteiger partial charge is 0.479 e. The Hall–Kier alpha value is -4.07. The number of nitrogens with two attached hydrogens (primary N) is 1. The average molecular weight is 488 g/mol. The highest BCUT2D eigenvalue weighted by Crippen LogP contribution is 2.42. The van der Waals surface area contributed by atoms with E-state index in [1.54, 1.807) is 25.1 Å². The summed E-state index contributed by atoms with van der Waals surface area (Å²) in [5.74, 6) is 5.57. The quantitative estimate of drug-likeness (QED) is 0.409. The summed E-state index contributed by atoms with van der Waals surface area (Å²) in [6, 6.07) is 8.25. The van der Waals surface area contributed by atoms with E-state index in [4.69, 9.17) is 15.0 Å². The minimum absolute atomic E-state index is 0.0803. The molecule has 1 aromatic carbocycles. The third-order valence-electron chi connectivity index (χ3n) is 5.40. The number of halogens is 4. The second kappa shape index (κ2) is 9.29. The fourth-order valence-corrected chi connectivity index (χ4v) is 3.65. The Kier molecular flexibility index (Phi) is 6.39. The van der Waals surface area contributed by atoms with Gasteiger partial charge in [0.15, 0.2) is 11.9 Å². The van der Waals surface area contributed by atoms with Gasteiger partial charge < -0.3 is 19.7 Å². The van der Waals surface area contributed by atoms with Crippen LogP contribution in [-0.4, -0.2) is 35.0 Å². The third kappa shape index (κ3) is 5.21. The molecule has 2 atom stereocenters. The van der Waals surface area contributed by atoms with Gasteiger partial charge >= 0.3 is 6.18 Å². The van der Waals surface area contributed by atoms with Crippen molar-refractivity contribution in [3.05, 3.63) is 54.0 Å². The number of aromatic nitrogens is 2. The molecule has 0 aliphatic carbocycles. The van der Waals surface area contributed by atoms with Crippen LogP contribution in [0.15, 0.2) is 52.1 Å². The zero-order valence-electron chi connectivity index (χ0n) is 18.7. The van der Waals surface area contributed by atoms with Crippen LogP contribution in [0.4, 0.5) is 17.6 Å². The first-order valence-electron chi connectivity index (χ1n) is 10.4. The molecule has 0 saturated carbocycles. The SMILES string of the molecule is CC#CCOc1ccc(-c2cc(-c3ccc(F)c([C@]4(C)C[C@@H](C(F)(F)F)OC(N)=N4)c3)on2)nc1. The van der Waals surface area contributed by atoms with Crippen LogP contribution in [0.3, 0.4) is 0 Å². The lowest BCUT2D eigenvalue weighted by Gasteiger charge is -2.36. The van der Waals surface area contributed by atoms with Gasteiger partial charge in [0.05, 0.1) is 17.4 Å². The molecule has 2 N–H and O–H groups in total. The number of amidine groups is 1. The van der Waals surface area contributed by atoms with E-state index in [-0.39, 0.29) is 17.9 Å². The first-order valence-corrected chi connectivity index (χ1v) is 10.4. The van der Waals surface area contributed by atoms with Crippen molar-refractivity contribution in [2.75, 3.05) is 6.61 Å². The van der Waals surface area contributed by atoms with Crippen molar-refractivity contribution in [3.63, 3.8) is 0 Å². The number of hydrogen-bond acceptors (Lipinski definition) is 7. The van der Waals surface area contributed by atoms with E-state index in [1.807, 2.05) is 0 Å². The van der Waals surface area contributed by atoms with Gasteiger partial charge in [0, 0.05) is 23.6 Å². The molecule has 0 unspecified atom stereocenters. The number of nitrogens with zero attached hydrogens (tertiary/aromatic N) is 3. The smallest absolute Gasteiger partial charge is 0.425 e. The van der Waals surface area contributed by atoms with Crippen molar-refractivity contribution in [1.82, 2.24) is 10.1 Å². The summed E-state index contributed by atoms with van der Waals surface area (Å²) >= 11 is 0. The predicted octanol–water partition coefficient (Wildman–Crippen LogP) is 4.83. The summed E-state index contributed by atoms with van der Waals surface area (Å²) in [5, 5.41) is 4.00. The Morgan fingerprint density at radius 1 is 1.20 bits per heavy atom. The molecule has 0 amide bonds. The molecule has 4 rings (SSSR count). The van der Waals surface area contributed by atoms with Gasteiger partial charge in [0.2, 0.25) is 0 Å². The van der Waals surface area contributed by atoms with Gasteiger partial charge in [-0.25, -0.2) is 9.38 Å². The molecule has 11 heteroatoms. The molecule has 0 saturated heterocycles. The highest BCUT2D eigenvalue weighted by Gasteiger charge is 2.50. The Bertz CT molecular complexity index is 1310. The molecule has 0 spiro atoms. The van der Waals surface area contributed by atoms with Crippen LogP contribution in [0.25, 0.3) is 22.7 Å². The molecule has 0 fully saturated rings. The van der Waals surface area contributed by atoms with Crippen LogP contribution in [-0.2, 0) is 10.3 Å². The average Bonchev–Trinajstić information content (AvgIpc) is 3.29. The molecule has 1 aliphatic heterocycles. The monoisotopic (exact) mass is 488 g/mol. The number of benzene rings is 1. The molecule has 3 heterocycles. The number of alkyl halides is 3.